The van der Waals surface area contributed by atoms with E-state index < -0.39 is 36.1 Å². The van der Waals surface area contributed by atoms with Crippen molar-refractivity contribution in [3.8, 4) is 5.75 Å². The lowest BCUT2D eigenvalue weighted by molar-refractivity contribution is -0.230. The summed E-state index contributed by atoms with van der Waals surface area (Å²) in [7, 11) is 0. The summed E-state index contributed by atoms with van der Waals surface area (Å²) < 4.78 is 88.9. The molecule has 0 bridgehead atoms. The molecule has 36 heavy (non-hydrogen) atoms. The van der Waals surface area contributed by atoms with Crippen molar-refractivity contribution in [2.75, 3.05) is 19.8 Å². The van der Waals surface area contributed by atoms with E-state index in [0.29, 0.717) is 36.2 Å². The molecular weight excluding hydrogens is 483 g/mol. The highest BCUT2D eigenvalue weighted by Crippen LogP contribution is 2.30. The third-order valence-electron chi connectivity index (χ3n) is 6.00. The summed E-state index contributed by atoms with van der Waals surface area (Å²) in [5.41, 5.74) is 1.32. The third-order valence-corrected chi connectivity index (χ3v) is 6.00. The molecule has 0 N–H and O–H groups in total. The zero-order valence-electron chi connectivity index (χ0n) is 19.7. The number of rotatable bonds is 10. The van der Waals surface area contributed by atoms with Crippen molar-refractivity contribution in [3.05, 3.63) is 76.6 Å². The molecule has 3 aromatic carbocycles. The van der Waals surface area contributed by atoms with Crippen LogP contribution in [0.25, 0.3) is 10.8 Å². The van der Waals surface area contributed by atoms with Gasteiger partial charge in [0.2, 0.25) is 0 Å². The van der Waals surface area contributed by atoms with E-state index in [1.54, 1.807) is 30.3 Å². The maximum atomic E-state index is 15.2. The van der Waals surface area contributed by atoms with Crippen LogP contribution in [0.4, 0.5) is 22.0 Å². The molecule has 0 aliphatic carbocycles. The fraction of sp³-hybridized carbons (Fsp3) is 0.407. The van der Waals surface area contributed by atoms with Crippen LogP contribution < -0.4 is 4.74 Å². The predicted octanol–water partition coefficient (Wildman–Crippen LogP) is 6.87. The van der Waals surface area contributed by atoms with Crippen LogP contribution in [0.5, 0.6) is 5.75 Å². The quantitative estimate of drug-likeness (QED) is 0.220. The Morgan fingerprint density at radius 1 is 0.944 bits per heavy atom. The molecule has 0 saturated carbocycles. The van der Waals surface area contributed by atoms with Gasteiger partial charge in [-0.15, -0.1) is 0 Å². The Morgan fingerprint density at radius 3 is 2.33 bits per heavy atom. The molecule has 0 spiro atoms. The lowest BCUT2D eigenvalue weighted by Crippen LogP contribution is -2.33. The molecule has 0 amide bonds. The number of benzene rings is 3. The molecule has 9 heteroatoms. The highest BCUT2D eigenvalue weighted by atomic mass is 19.3. The molecule has 1 heterocycles. The monoisotopic (exact) mass is 510 g/mol. The fourth-order valence-electron chi connectivity index (χ4n) is 4.10. The van der Waals surface area contributed by atoms with E-state index in [1.807, 2.05) is 0 Å². The summed E-state index contributed by atoms with van der Waals surface area (Å²) in [6.07, 6.45) is 1.62. The van der Waals surface area contributed by atoms with Crippen molar-refractivity contribution in [3.63, 3.8) is 0 Å². The molecule has 0 radical (unpaired) electrons. The van der Waals surface area contributed by atoms with Crippen LogP contribution in [0.15, 0.2) is 42.5 Å². The van der Waals surface area contributed by atoms with E-state index in [1.165, 1.54) is 0 Å². The largest absolute Gasteiger partial charge is 0.429 e. The van der Waals surface area contributed by atoms with Crippen LogP contribution in [0.3, 0.4) is 0 Å². The van der Waals surface area contributed by atoms with Crippen molar-refractivity contribution in [2.45, 2.75) is 51.6 Å². The third kappa shape index (κ3) is 6.32. The average Bonchev–Trinajstić information content (AvgIpc) is 2.86. The first kappa shape index (κ1) is 26.3. The normalized spacial score (nSPS) is 18.2. The van der Waals surface area contributed by atoms with Gasteiger partial charge in [0, 0.05) is 17.6 Å². The number of hydrogen-bond acceptors (Lipinski definition) is 4. The van der Waals surface area contributed by atoms with Crippen molar-refractivity contribution in [1.82, 2.24) is 0 Å². The van der Waals surface area contributed by atoms with Gasteiger partial charge in [0.1, 0.15) is 11.9 Å². The number of fused-ring (bicyclic) bond motifs is 1. The van der Waals surface area contributed by atoms with E-state index in [2.05, 4.69) is 11.7 Å². The Hall–Kier alpha value is -2.75. The standard InChI is InChI=1S/C27H27F5O4/c1-2-3-10-33-20-14-34-26(35-15-20)19-8-9-21-18(13-19)7-6-17(24(21)30)5-4-16-11-22(28)25(23(29)12-16)36-27(31)32/h6-9,11-13,20,26-27H,2-5,10,14-15H2,1H3. The number of aryl methyl sites for hydroxylation is 2. The van der Waals surface area contributed by atoms with Crippen LogP contribution in [0.2, 0.25) is 0 Å². The Bertz CT molecular complexity index is 1160. The summed E-state index contributed by atoms with van der Waals surface area (Å²) in [4.78, 5) is 0. The molecule has 0 atom stereocenters. The molecule has 3 aromatic rings. The molecule has 1 saturated heterocycles. The van der Waals surface area contributed by atoms with Gasteiger partial charge in [-0.05, 0) is 54.0 Å². The van der Waals surface area contributed by atoms with E-state index in [4.69, 9.17) is 14.2 Å². The van der Waals surface area contributed by atoms with E-state index in [-0.39, 0.29) is 24.5 Å². The highest BCUT2D eigenvalue weighted by Gasteiger charge is 2.24. The Balaban J connectivity index is 1.41. The van der Waals surface area contributed by atoms with Crippen LogP contribution >= 0.6 is 0 Å². The first-order chi connectivity index (χ1) is 17.4. The second-order valence-electron chi connectivity index (χ2n) is 8.63. The molecular formula is C27H27F5O4. The maximum absolute atomic E-state index is 15.2. The average molecular weight is 510 g/mol. The van der Waals surface area contributed by atoms with Gasteiger partial charge in [0.05, 0.1) is 13.2 Å². The molecule has 1 aliphatic rings. The first-order valence-corrected chi connectivity index (χ1v) is 11.8. The minimum atomic E-state index is -3.34. The molecule has 194 valence electrons. The molecule has 0 unspecified atom stereocenters. The maximum Gasteiger partial charge on any atom is 0.387 e. The van der Waals surface area contributed by atoms with Gasteiger partial charge < -0.3 is 18.9 Å². The predicted molar refractivity (Wildman–Crippen MR) is 124 cm³/mol. The van der Waals surface area contributed by atoms with Gasteiger partial charge in [-0.25, -0.2) is 13.2 Å². The minimum absolute atomic E-state index is 0.106. The summed E-state index contributed by atoms with van der Waals surface area (Å²) >= 11 is 0. The summed E-state index contributed by atoms with van der Waals surface area (Å²) in [5.74, 6) is -4.04. The lowest BCUT2D eigenvalue weighted by Gasteiger charge is -2.29. The zero-order chi connectivity index (χ0) is 25.7. The Kier molecular flexibility index (Phi) is 8.77. The zero-order valence-corrected chi connectivity index (χ0v) is 19.7. The second kappa shape index (κ2) is 12.0. The molecule has 0 aromatic heterocycles. The van der Waals surface area contributed by atoms with Gasteiger partial charge in [0.15, 0.2) is 23.7 Å². The topological polar surface area (TPSA) is 36.9 Å². The van der Waals surface area contributed by atoms with Crippen molar-refractivity contribution < 1.29 is 40.9 Å². The first-order valence-electron chi connectivity index (χ1n) is 11.8. The van der Waals surface area contributed by atoms with Gasteiger partial charge in [-0.1, -0.05) is 37.6 Å². The van der Waals surface area contributed by atoms with Crippen molar-refractivity contribution in [2.24, 2.45) is 0 Å². The van der Waals surface area contributed by atoms with Gasteiger partial charge >= 0.3 is 6.61 Å². The smallest absolute Gasteiger partial charge is 0.387 e. The van der Waals surface area contributed by atoms with E-state index in [0.717, 1.165) is 30.5 Å². The van der Waals surface area contributed by atoms with Crippen LogP contribution in [-0.4, -0.2) is 32.5 Å². The second-order valence-corrected chi connectivity index (χ2v) is 8.63. The summed E-state index contributed by atoms with van der Waals surface area (Å²) in [6, 6.07) is 10.4. The van der Waals surface area contributed by atoms with Crippen LogP contribution in [-0.2, 0) is 27.1 Å². The highest BCUT2D eigenvalue weighted by molar-refractivity contribution is 5.84. The molecule has 1 fully saturated rings. The van der Waals surface area contributed by atoms with Crippen LogP contribution in [0, 0.1) is 17.5 Å². The molecule has 4 nitrogen and oxygen atoms in total. The van der Waals surface area contributed by atoms with E-state index >= 15 is 4.39 Å². The summed E-state index contributed by atoms with van der Waals surface area (Å²) in [6.45, 7) is 0.241. The van der Waals surface area contributed by atoms with E-state index in [9.17, 15) is 17.6 Å². The number of ether oxygens (including phenoxy) is 4. The number of alkyl halides is 2. The van der Waals surface area contributed by atoms with Gasteiger partial charge in [-0.3, -0.25) is 0 Å². The number of halogens is 5. The Morgan fingerprint density at radius 2 is 1.67 bits per heavy atom. The molecule has 4 rings (SSSR count). The minimum Gasteiger partial charge on any atom is -0.429 e. The summed E-state index contributed by atoms with van der Waals surface area (Å²) in [5, 5.41) is 1.05. The number of hydrogen-bond donors (Lipinski definition) is 0. The van der Waals surface area contributed by atoms with Gasteiger partial charge in [0.25, 0.3) is 0 Å². The van der Waals surface area contributed by atoms with Crippen molar-refractivity contribution in [1.29, 1.82) is 0 Å². The SMILES string of the molecule is CCCCOC1COC(c2ccc3c(F)c(CCc4cc(F)c(OC(F)F)c(F)c4)ccc3c2)OC1. The van der Waals surface area contributed by atoms with Crippen LogP contribution in [0.1, 0.15) is 42.7 Å². The van der Waals surface area contributed by atoms with Gasteiger partial charge in [-0.2, -0.15) is 8.78 Å². The molecule has 1 aliphatic heterocycles. The Labute approximate surface area is 205 Å². The fourth-order valence-corrected chi connectivity index (χ4v) is 4.10. The number of unbranched alkanes of at least 4 members (excludes halogenated alkanes) is 1. The lowest BCUT2D eigenvalue weighted by atomic mass is 9.98. The van der Waals surface area contributed by atoms with Crippen molar-refractivity contribution >= 4 is 10.8 Å².